The molecule has 1 saturated heterocycles. The summed E-state index contributed by atoms with van der Waals surface area (Å²) in [6.07, 6.45) is 18.7. The van der Waals surface area contributed by atoms with Crippen LogP contribution in [0.15, 0.2) is 0 Å². The molecule has 1 heterocycles. The molecule has 1 unspecified atom stereocenters. The fourth-order valence-electron chi connectivity index (χ4n) is 4.86. The van der Waals surface area contributed by atoms with Crippen molar-refractivity contribution in [1.29, 1.82) is 0 Å². The molecule has 1 aliphatic heterocycles. The van der Waals surface area contributed by atoms with E-state index in [0.29, 0.717) is 17.1 Å². The topological polar surface area (TPSA) is 21.3 Å². The van der Waals surface area contributed by atoms with Crippen molar-refractivity contribution >= 4 is 0 Å². The maximum atomic E-state index is 6.62. The fourth-order valence-corrected chi connectivity index (χ4v) is 4.86. The van der Waals surface area contributed by atoms with Crippen LogP contribution in [0.25, 0.3) is 0 Å². The maximum Gasteiger partial charge on any atom is 0.0687 e. The predicted octanol–water partition coefficient (Wildman–Crippen LogP) is 4.18. The lowest BCUT2D eigenvalue weighted by Gasteiger charge is -2.44. The highest BCUT2D eigenvalue weighted by molar-refractivity contribution is 4.98. The van der Waals surface area contributed by atoms with Crippen LogP contribution in [-0.2, 0) is 4.74 Å². The Kier molecular flexibility index (Phi) is 3.58. The molecule has 4 aliphatic rings. The zero-order valence-corrected chi connectivity index (χ0v) is 13.0. The van der Waals surface area contributed by atoms with Crippen molar-refractivity contribution in [3.05, 3.63) is 0 Å². The van der Waals surface area contributed by atoms with Gasteiger partial charge in [0.15, 0.2) is 0 Å². The van der Waals surface area contributed by atoms with Gasteiger partial charge in [0.25, 0.3) is 0 Å². The lowest BCUT2D eigenvalue weighted by molar-refractivity contribution is -0.0847. The molecule has 0 aromatic carbocycles. The van der Waals surface area contributed by atoms with Gasteiger partial charge in [-0.3, -0.25) is 0 Å². The van der Waals surface area contributed by atoms with Crippen LogP contribution in [0.4, 0.5) is 0 Å². The molecule has 3 saturated carbocycles. The van der Waals surface area contributed by atoms with Gasteiger partial charge < -0.3 is 10.1 Å². The molecule has 1 N–H and O–H groups in total. The van der Waals surface area contributed by atoms with Gasteiger partial charge in [0.2, 0.25) is 0 Å². The Morgan fingerprint density at radius 2 is 1.65 bits per heavy atom. The molecule has 4 rings (SSSR count). The minimum atomic E-state index is 0.317. The first-order valence-electron chi connectivity index (χ1n) is 9.19. The summed E-state index contributed by atoms with van der Waals surface area (Å²) in [5.41, 5.74) is 0.922. The van der Waals surface area contributed by atoms with Crippen molar-refractivity contribution in [1.82, 2.24) is 5.32 Å². The van der Waals surface area contributed by atoms with Gasteiger partial charge in [-0.2, -0.15) is 0 Å². The molecule has 1 spiro atoms. The summed E-state index contributed by atoms with van der Waals surface area (Å²) in [5, 5.41) is 3.79. The molecule has 0 bridgehead atoms. The molecule has 3 aliphatic carbocycles. The van der Waals surface area contributed by atoms with Crippen LogP contribution in [-0.4, -0.2) is 24.3 Å². The third-order valence-corrected chi connectivity index (χ3v) is 6.52. The first-order chi connectivity index (χ1) is 9.78. The van der Waals surface area contributed by atoms with Crippen molar-refractivity contribution < 1.29 is 4.74 Å². The van der Waals surface area contributed by atoms with Gasteiger partial charge in [-0.25, -0.2) is 0 Å². The van der Waals surface area contributed by atoms with E-state index < -0.39 is 0 Å². The minimum absolute atomic E-state index is 0.317. The van der Waals surface area contributed by atoms with Gasteiger partial charge in [-0.1, -0.05) is 25.7 Å². The lowest BCUT2D eigenvalue weighted by Crippen LogP contribution is -2.43. The monoisotopic (exact) mass is 277 g/mol. The molecule has 114 valence electrons. The standard InChI is InChI=1S/C18H31NO/c1-2-10-18(11-3-1)12-7-16(20-18)13-17(8-4-9-17)14-19-15-5-6-15/h15-16,19H,1-14H2. The van der Waals surface area contributed by atoms with E-state index in [-0.39, 0.29) is 0 Å². The first-order valence-corrected chi connectivity index (χ1v) is 9.19. The van der Waals surface area contributed by atoms with Crippen molar-refractivity contribution in [3.63, 3.8) is 0 Å². The summed E-state index contributed by atoms with van der Waals surface area (Å²) in [4.78, 5) is 0. The summed E-state index contributed by atoms with van der Waals surface area (Å²) in [7, 11) is 0. The Morgan fingerprint density at radius 1 is 0.850 bits per heavy atom. The van der Waals surface area contributed by atoms with E-state index in [1.165, 1.54) is 90.0 Å². The molecule has 1 atom stereocenters. The van der Waals surface area contributed by atoms with Gasteiger partial charge in [-0.05, 0) is 63.2 Å². The summed E-state index contributed by atoms with van der Waals surface area (Å²) >= 11 is 0. The van der Waals surface area contributed by atoms with Crippen LogP contribution in [0.5, 0.6) is 0 Å². The minimum Gasteiger partial charge on any atom is -0.372 e. The van der Waals surface area contributed by atoms with E-state index in [1.807, 2.05) is 0 Å². The average molecular weight is 277 g/mol. The fraction of sp³-hybridized carbons (Fsp3) is 1.00. The predicted molar refractivity (Wildman–Crippen MR) is 81.8 cm³/mol. The summed E-state index contributed by atoms with van der Waals surface area (Å²) < 4.78 is 6.62. The number of ether oxygens (including phenoxy) is 1. The van der Waals surface area contributed by atoms with E-state index in [2.05, 4.69) is 5.32 Å². The van der Waals surface area contributed by atoms with Crippen molar-refractivity contribution in [3.8, 4) is 0 Å². The van der Waals surface area contributed by atoms with Crippen molar-refractivity contribution in [2.75, 3.05) is 6.54 Å². The largest absolute Gasteiger partial charge is 0.372 e. The molecule has 2 nitrogen and oxygen atoms in total. The van der Waals surface area contributed by atoms with Crippen LogP contribution in [0.2, 0.25) is 0 Å². The Bertz CT molecular complexity index is 339. The van der Waals surface area contributed by atoms with Crippen LogP contribution < -0.4 is 5.32 Å². The smallest absolute Gasteiger partial charge is 0.0687 e. The SMILES string of the molecule is C1CCC2(CC1)CCC(CC1(CNC3CC3)CCC1)O2. The molecule has 4 fully saturated rings. The molecule has 0 amide bonds. The van der Waals surface area contributed by atoms with Gasteiger partial charge >= 0.3 is 0 Å². The van der Waals surface area contributed by atoms with Crippen molar-refractivity contribution in [2.24, 2.45) is 5.41 Å². The van der Waals surface area contributed by atoms with Gasteiger partial charge in [0, 0.05) is 12.6 Å². The highest BCUT2D eigenvalue weighted by atomic mass is 16.5. The second kappa shape index (κ2) is 5.28. The van der Waals surface area contributed by atoms with E-state index >= 15 is 0 Å². The van der Waals surface area contributed by atoms with Crippen LogP contribution in [0.1, 0.15) is 83.5 Å². The number of hydrogen-bond donors (Lipinski definition) is 1. The zero-order chi connectivity index (χ0) is 13.5. The second-order valence-electron chi connectivity index (χ2n) is 8.24. The van der Waals surface area contributed by atoms with Gasteiger partial charge in [0.1, 0.15) is 0 Å². The average Bonchev–Trinajstić information content (AvgIpc) is 3.18. The molecule has 0 aromatic heterocycles. The highest BCUT2D eigenvalue weighted by Gasteiger charge is 2.46. The normalized spacial score (nSPS) is 35.1. The molecule has 0 radical (unpaired) electrons. The molecule has 0 aromatic rings. The Labute approximate surface area is 124 Å². The third-order valence-electron chi connectivity index (χ3n) is 6.52. The van der Waals surface area contributed by atoms with E-state index in [0.717, 1.165) is 6.04 Å². The van der Waals surface area contributed by atoms with Crippen LogP contribution >= 0.6 is 0 Å². The summed E-state index contributed by atoms with van der Waals surface area (Å²) in [6.45, 7) is 1.27. The third kappa shape index (κ3) is 2.78. The number of rotatable bonds is 5. The number of hydrogen-bond acceptors (Lipinski definition) is 2. The number of nitrogens with one attached hydrogen (secondary N) is 1. The van der Waals surface area contributed by atoms with E-state index in [4.69, 9.17) is 4.74 Å². The summed E-state index contributed by atoms with van der Waals surface area (Å²) in [6, 6.07) is 0.863. The maximum absolute atomic E-state index is 6.62. The lowest BCUT2D eigenvalue weighted by atomic mass is 9.65. The Balaban J connectivity index is 1.31. The molecule has 20 heavy (non-hydrogen) atoms. The van der Waals surface area contributed by atoms with Gasteiger partial charge in [0.05, 0.1) is 11.7 Å². The highest BCUT2D eigenvalue weighted by Crippen LogP contribution is 2.50. The van der Waals surface area contributed by atoms with Crippen molar-refractivity contribution in [2.45, 2.75) is 101 Å². The summed E-state index contributed by atoms with van der Waals surface area (Å²) in [5.74, 6) is 0. The second-order valence-corrected chi connectivity index (χ2v) is 8.24. The van der Waals surface area contributed by atoms with E-state index in [9.17, 15) is 0 Å². The molecule has 2 heteroatoms. The Morgan fingerprint density at radius 3 is 2.30 bits per heavy atom. The molecular formula is C18H31NO. The zero-order valence-electron chi connectivity index (χ0n) is 13.0. The Hall–Kier alpha value is -0.0800. The first kappa shape index (κ1) is 13.6. The van der Waals surface area contributed by atoms with Crippen LogP contribution in [0.3, 0.4) is 0 Å². The molecular weight excluding hydrogens is 246 g/mol. The van der Waals surface area contributed by atoms with Crippen LogP contribution in [0, 0.1) is 5.41 Å². The quantitative estimate of drug-likeness (QED) is 0.814. The van der Waals surface area contributed by atoms with Gasteiger partial charge in [-0.15, -0.1) is 0 Å². The van der Waals surface area contributed by atoms with E-state index in [1.54, 1.807) is 0 Å².